The van der Waals surface area contributed by atoms with Crippen molar-refractivity contribution < 1.29 is 9.84 Å². The normalized spacial score (nSPS) is 12.1. The number of aliphatic hydroxyl groups excluding tert-OH is 1. The van der Waals surface area contributed by atoms with Crippen molar-refractivity contribution in [1.29, 1.82) is 0 Å². The summed E-state index contributed by atoms with van der Waals surface area (Å²) in [6.07, 6.45) is -0.617. The van der Waals surface area contributed by atoms with Crippen molar-refractivity contribution in [3.05, 3.63) is 59.7 Å². The molecule has 0 amide bonds. The number of hydrogen-bond acceptors (Lipinski definition) is 6. The number of ether oxygens (including phenoxy) is 1. The van der Waals surface area contributed by atoms with Crippen LogP contribution in [-0.2, 0) is 0 Å². The third-order valence-electron chi connectivity index (χ3n) is 3.56. The number of benzene rings is 2. The van der Waals surface area contributed by atoms with Gasteiger partial charge in [0.2, 0.25) is 5.16 Å². The molecule has 0 fully saturated rings. The van der Waals surface area contributed by atoms with Gasteiger partial charge >= 0.3 is 0 Å². The van der Waals surface area contributed by atoms with E-state index in [2.05, 4.69) is 15.5 Å². The first-order valence-electron chi connectivity index (χ1n) is 7.97. The molecule has 0 aliphatic carbocycles. The molecular formula is C18H20N4O2S. The summed E-state index contributed by atoms with van der Waals surface area (Å²) in [7, 11) is 0. The number of aliphatic hydroxyl groups is 1. The molecule has 3 rings (SSSR count). The van der Waals surface area contributed by atoms with Crippen molar-refractivity contribution >= 4 is 11.8 Å². The molecule has 25 heavy (non-hydrogen) atoms. The second-order valence-electron chi connectivity index (χ2n) is 5.80. The zero-order chi connectivity index (χ0) is 17.6. The van der Waals surface area contributed by atoms with Crippen molar-refractivity contribution in [3.63, 3.8) is 0 Å². The van der Waals surface area contributed by atoms with Crippen LogP contribution in [-0.4, -0.2) is 43.8 Å². The van der Waals surface area contributed by atoms with Gasteiger partial charge in [-0.25, -0.2) is 0 Å². The maximum atomic E-state index is 10.2. The monoisotopic (exact) mass is 356 g/mol. The lowest BCUT2D eigenvalue weighted by Gasteiger charge is -2.12. The molecule has 1 atom stereocenters. The number of rotatable bonds is 7. The van der Waals surface area contributed by atoms with Crippen LogP contribution in [0.2, 0.25) is 0 Å². The highest BCUT2D eigenvalue weighted by molar-refractivity contribution is 7.99. The van der Waals surface area contributed by atoms with Gasteiger partial charge in [-0.2, -0.15) is 4.68 Å². The highest BCUT2D eigenvalue weighted by Crippen LogP contribution is 2.20. The fraction of sp³-hybridized carbons (Fsp3) is 0.278. The van der Waals surface area contributed by atoms with E-state index in [1.165, 1.54) is 17.3 Å². The highest BCUT2D eigenvalue weighted by Gasteiger charge is 2.13. The Balaban J connectivity index is 1.55. The van der Waals surface area contributed by atoms with Crippen LogP contribution in [0.4, 0.5) is 0 Å². The predicted octanol–water partition coefficient (Wildman–Crippen LogP) is 2.81. The Bertz CT molecular complexity index is 820. The SMILES string of the molecule is Cc1ccc(-n2nnnc2SCC(O)COc2cccc(C)c2)cc1. The number of aromatic nitrogens is 4. The summed E-state index contributed by atoms with van der Waals surface area (Å²) in [6.45, 7) is 4.26. The molecule has 2 aromatic carbocycles. The molecule has 1 unspecified atom stereocenters. The van der Waals surface area contributed by atoms with Crippen LogP contribution in [0.3, 0.4) is 0 Å². The Labute approximate surface area is 150 Å². The Morgan fingerprint density at radius 2 is 1.92 bits per heavy atom. The van der Waals surface area contributed by atoms with E-state index < -0.39 is 6.10 Å². The van der Waals surface area contributed by atoms with Crippen LogP contribution >= 0.6 is 11.8 Å². The molecule has 1 heterocycles. The lowest BCUT2D eigenvalue weighted by atomic mass is 10.2. The number of tetrazole rings is 1. The minimum Gasteiger partial charge on any atom is -0.491 e. The summed E-state index contributed by atoms with van der Waals surface area (Å²) in [5.74, 6) is 1.20. The molecule has 1 aromatic heterocycles. The molecule has 0 saturated heterocycles. The van der Waals surface area contributed by atoms with E-state index >= 15 is 0 Å². The molecule has 0 radical (unpaired) electrons. The van der Waals surface area contributed by atoms with Crippen LogP contribution in [0.15, 0.2) is 53.7 Å². The summed E-state index contributed by atoms with van der Waals surface area (Å²) >= 11 is 1.40. The van der Waals surface area contributed by atoms with E-state index in [1.54, 1.807) is 4.68 Å². The number of hydrogen-bond donors (Lipinski definition) is 1. The summed E-state index contributed by atoms with van der Waals surface area (Å²) in [6, 6.07) is 15.7. The van der Waals surface area contributed by atoms with E-state index in [1.807, 2.05) is 62.4 Å². The highest BCUT2D eigenvalue weighted by atomic mass is 32.2. The first kappa shape index (κ1) is 17.4. The minimum absolute atomic E-state index is 0.225. The smallest absolute Gasteiger partial charge is 0.214 e. The van der Waals surface area contributed by atoms with Gasteiger partial charge in [0.15, 0.2) is 0 Å². The van der Waals surface area contributed by atoms with Gasteiger partial charge in [0.25, 0.3) is 0 Å². The molecule has 7 heteroatoms. The summed E-state index contributed by atoms with van der Waals surface area (Å²) in [5.41, 5.74) is 3.19. The molecule has 0 bridgehead atoms. The second-order valence-corrected chi connectivity index (χ2v) is 6.79. The van der Waals surface area contributed by atoms with Gasteiger partial charge in [0.1, 0.15) is 12.4 Å². The standard InChI is InChI=1S/C18H20N4O2S/c1-13-6-8-15(9-7-13)22-18(19-20-21-22)25-12-16(23)11-24-17-5-3-4-14(2)10-17/h3-10,16,23H,11-12H2,1-2H3. The molecule has 130 valence electrons. The Kier molecular flexibility index (Phi) is 5.67. The van der Waals surface area contributed by atoms with Gasteiger partial charge < -0.3 is 9.84 Å². The average molecular weight is 356 g/mol. The van der Waals surface area contributed by atoms with Gasteiger partial charge in [0, 0.05) is 5.75 Å². The first-order valence-corrected chi connectivity index (χ1v) is 8.96. The molecule has 6 nitrogen and oxygen atoms in total. The summed E-state index contributed by atoms with van der Waals surface area (Å²) < 4.78 is 7.29. The van der Waals surface area contributed by atoms with Crippen molar-refractivity contribution in [2.45, 2.75) is 25.1 Å². The van der Waals surface area contributed by atoms with Gasteiger partial charge in [-0.15, -0.1) is 5.10 Å². The molecular weight excluding hydrogens is 336 g/mol. The number of nitrogens with zero attached hydrogens (tertiary/aromatic N) is 4. The Morgan fingerprint density at radius 1 is 1.12 bits per heavy atom. The third-order valence-corrected chi connectivity index (χ3v) is 4.62. The van der Waals surface area contributed by atoms with E-state index in [0.717, 1.165) is 17.0 Å². The van der Waals surface area contributed by atoms with Crippen molar-refractivity contribution in [2.75, 3.05) is 12.4 Å². The van der Waals surface area contributed by atoms with E-state index in [9.17, 15) is 5.11 Å². The molecule has 0 aliphatic heterocycles. The van der Waals surface area contributed by atoms with Crippen LogP contribution in [0.5, 0.6) is 5.75 Å². The van der Waals surface area contributed by atoms with E-state index in [0.29, 0.717) is 10.9 Å². The largest absolute Gasteiger partial charge is 0.491 e. The Morgan fingerprint density at radius 3 is 2.68 bits per heavy atom. The van der Waals surface area contributed by atoms with Crippen molar-refractivity contribution in [2.24, 2.45) is 0 Å². The van der Waals surface area contributed by atoms with E-state index in [-0.39, 0.29) is 6.61 Å². The van der Waals surface area contributed by atoms with E-state index in [4.69, 9.17) is 4.74 Å². The predicted molar refractivity (Wildman–Crippen MR) is 97.3 cm³/mol. The summed E-state index contributed by atoms with van der Waals surface area (Å²) in [5, 5.41) is 22.6. The Hall–Kier alpha value is -2.38. The van der Waals surface area contributed by atoms with Gasteiger partial charge in [0.05, 0.1) is 11.8 Å². The van der Waals surface area contributed by atoms with Crippen molar-refractivity contribution in [1.82, 2.24) is 20.2 Å². The molecule has 0 saturated carbocycles. The fourth-order valence-corrected chi connectivity index (χ4v) is 3.03. The minimum atomic E-state index is -0.617. The molecule has 0 aliphatic rings. The maximum Gasteiger partial charge on any atom is 0.214 e. The van der Waals surface area contributed by atoms with Crippen LogP contribution in [0.25, 0.3) is 5.69 Å². The van der Waals surface area contributed by atoms with Gasteiger partial charge in [-0.1, -0.05) is 41.6 Å². The number of aryl methyl sites for hydroxylation is 2. The zero-order valence-electron chi connectivity index (χ0n) is 14.2. The topological polar surface area (TPSA) is 73.1 Å². The maximum absolute atomic E-state index is 10.2. The van der Waals surface area contributed by atoms with Gasteiger partial charge in [-0.05, 0) is 54.1 Å². The van der Waals surface area contributed by atoms with Gasteiger partial charge in [-0.3, -0.25) is 0 Å². The second kappa shape index (κ2) is 8.13. The zero-order valence-corrected chi connectivity index (χ0v) is 15.0. The lowest BCUT2D eigenvalue weighted by Crippen LogP contribution is -2.20. The quantitative estimate of drug-likeness (QED) is 0.656. The lowest BCUT2D eigenvalue weighted by molar-refractivity contribution is 0.126. The fourth-order valence-electron chi connectivity index (χ4n) is 2.23. The van der Waals surface area contributed by atoms with Crippen LogP contribution in [0, 0.1) is 13.8 Å². The molecule has 1 N–H and O–H groups in total. The molecule has 3 aromatic rings. The average Bonchev–Trinajstić information content (AvgIpc) is 3.07. The summed E-state index contributed by atoms with van der Waals surface area (Å²) in [4.78, 5) is 0. The third kappa shape index (κ3) is 4.80. The first-order chi connectivity index (χ1) is 12.1. The molecule has 0 spiro atoms. The number of thioether (sulfide) groups is 1. The van der Waals surface area contributed by atoms with Crippen LogP contribution in [0.1, 0.15) is 11.1 Å². The van der Waals surface area contributed by atoms with Crippen molar-refractivity contribution in [3.8, 4) is 11.4 Å². The van der Waals surface area contributed by atoms with Crippen LogP contribution < -0.4 is 4.74 Å².